The number of rotatable bonds is 4. The molecule has 29 heavy (non-hydrogen) atoms. The lowest BCUT2D eigenvalue weighted by Crippen LogP contribution is -2.27. The minimum absolute atomic E-state index is 0.0108. The highest BCUT2D eigenvalue weighted by Crippen LogP contribution is 2.41. The molecule has 0 aromatic heterocycles. The number of carbonyl (C=O) groups is 2. The summed E-state index contributed by atoms with van der Waals surface area (Å²) >= 11 is 1.52. The van der Waals surface area contributed by atoms with E-state index in [2.05, 4.69) is 5.32 Å². The van der Waals surface area contributed by atoms with Gasteiger partial charge in [0.2, 0.25) is 5.91 Å². The van der Waals surface area contributed by atoms with E-state index in [9.17, 15) is 14.0 Å². The Morgan fingerprint density at radius 3 is 2.31 bits per heavy atom. The minimum Gasteiger partial charge on any atom is -0.322 e. The summed E-state index contributed by atoms with van der Waals surface area (Å²) in [5, 5.41) is 2.70. The second kappa shape index (κ2) is 8.09. The lowest BCUT2D eigenvalue weighted by molar-refractivity contribution is -0.115. The zero-order chi connectivity index (χ0) is 20.4. The van der Waals surface area contributed by atoms with Gasteiger partial charge in [-0.15, -0.1) is 11.8 Å². The van der Waals surface area contributed by atoms with E-state index in [4.69, 9.17) is 0 Å². The molecule has 0 unspecified atom stereocenters. The summed E-state index contributed by atoms with van der Waals surface area (Å²) in [5.41, 5.74) is 3.99. The summed E-state index contributed by atoms with van der Waals surface area (Å²) in [6.07, 6.45) is 0. The predicted octanol–water partition coefficient (Wildman–Crippen LogP) is 5.17. The highest BCUT2D eigenvalue weighted by molar-refractivity contribution is 8.00. The van der Waals surface area contributed by atoms with Crippen LogP contribution < -0.4 is 10.2 Å². The van der Waals surface area contributed by atoms with E-state index >= 15 is 0 Å². The number of hydrogen-bond acceptors (Lipinski definition) is 3. The molecule has 6 heteroatoms. The van der Waals surface area contributed by atoms with Crippen LogP contribution in [-0.2, 0) is 4.79 Å². The molecular formula is C23H19FN2O2S. The fourth-order valence-corrected chi connectivity index (χ4v) is 4.37. The largest absolute Gasteiger partial charge is 0.322 e. The van der Waals surface area contributed by atoms with Crippen molar-refractivity contribution in [1.82, 2.24) is 0 Å². The molecule has 4 nitrogen and oxygen atoms in total. The van der Waals surface area contributed by atoms with Crippen molar-refractivity contribution < 1.29 is 14.0 Å². The van der Waals surface area contributed by atoms with Crippen LogP contribution in [0.25, 0.3) is 0 Å². The quantitative estimate of drug-likeness (QED) is 0.651. The van der Waals surface area contributed by atoms with Gasteiger partial charge in [0.1, 0.15) is 11.2 Å². The molecule has 1 aliphatic rings. The van der Waals surface area contributed by atoms with Gasteiger partial charge >= 0.3 is 0 Å². The summed E-state index contributed by atoms with van der Waals surface area (Å²) in [7, 11) is 0. The first-order valence-corrected chi connectivity index (χ1v) is 10.2. The SMILES string of the molecule is Cc1ccc(C(=O)Nc2ccc([C@@H]3SCC(=O)N3c3ccc(F)cc3)cc2)cc1. The second-order valence-electron chi connectivity index (χ2n) is 6.85. The fraction of sp³-hybridized carbons (Fsp3) is 0.130. The van der Waals surface area contributed by atoms with Gasteiger partial charge in [-0.2, -0.15) is 0 Å². The zero-order valence-corrected chi connectivity index (χ0v) is 16.6. The van der Waals surface area contributed by atoms with Crippen LogP contribution in [0.1, 0.15) is 26.9 Å². The smallest absolute Gasteiger partial charge is 0.255 e. The molecule has 0 spiro atoms. The number of aryl methyl sites for hydroxylation is 1. The Balaban J connectivity index is 1.50. The van der Waals surface area contributed by atoms with Crippen LogP contribution >= 0.6 is 11.8 Å². The molecule has 2 amide bonds. The minimum atomic E-state index is -0.335. The molecule has 1 atom stereocenters. The molecule has 3 aromatic rings. The Labute approximate surface area is 172 Å². The third-order valence-electron chi connectivity index (χ3n) is 4.74. The number of nitrogens with one attached hydrogen (secondary N) is 1. The van der Waals surface area contributed by atoms with Crippen molar-refractivity contribution in [3.8, 4) is 0 Å². The van der Waals surface area contributed by atoms with E-state index in [-0.39, 0.29) is 23.0 Å². The normalized spacial score (nSPS) is 16.1. The van der Waals surface area contributed by atoms with Gasteiger partial charge in [0.05, 0.1) is 5.75 Å². The third kappa shape index (κ3) is 4.17. The monoisotopic (exact) mass is 406 g/mol. The Hall–Kier alpha value is -3.12. The van der Waals surface area contributed by atoms with E-state index in [0.717, 1.165) is 11.1 Å². The lowest BCUT2D eigenvalue weighted by atomic mass is 10.1. The van der Waals surface area contributed by atoms with Crippen molar-refractivity contribution in [3.63, 3.8) is 0 Å². The van der Waals surface area contributed by atoms with Crippen LogP contribution in [0.15, 0.2) is 72.8 Å². The Bertz CT molecular complexity index is 1030. The Kier molecular flexibility index (Phi) is 5.36. The number of anilines is 2. The number of nitrogens with zero attached hydrogens (tertiary/aromatic N) is 1. The van der Waals surface area contributed by atoms with Crippen LogP contribution in [0.4, 0.5) is 15.8 Å². The molecule has 0 bridgehead atoms. The lowest BCUT2D eigenvalue weighted by Gasteiger charge is -2.24. The first kappa shape index (κ1) is 19.2. The highest BCUT2D eigenvalue weighted by atomic mass is 32.2. The van der Waals surface area contributed by atoms with Crippen LogP contribution in [0.5, 0.6) is 0 Å². The van der Waals surface area contributed by atoms with Crippen molar-refractivity contribution in [2.45, 2.75) is 12.3 Å². The van der Waals surface area contributed by atoms with Crippen molar-refractivity contribution in [3.05, 3.63) is 95.3 Å². The van der Waals surface area contributed by atoms with E-state index in [1.807, 2.05) is 43.3 Å². The van der Waals surface area contributed by atoms with E-state index in [1.54, 1.807) is 29.2 Å². The molecule has 0 radical (unpaired) electrons. The first-order valence-electron chi connectivity index (χ1n) is 9.18. The van der Waals surface area contributed by atoms with Gasteiger partial charge in [-0.25, -0.2) is 4.39 Å². The fourth-order valence-electron chi connectivity index (χ4n) is 3.19. The average molecular weight is 406 g/mol. The van der Waals surface area contributed by atoms with E-state index in [1.165, 1.54) is 23.9 Å². The van der Waals surface area contributed by atoms with Gasteiger partial charge < -0.3 is 5.32 Å². The van der Waals surface area contributed by atoms with Crippen LogP contribution in [0.2, 0.25) is 0 Å². The predicted molar refractivity (Wildman–Crippen MR) is 115 cm³/mol. The summed E-state index contributed by atoms with van der Waals surface area (Å²) in [5.74, 6) is -0.147. The molecule has 0 aliphatic carbocycles. The Morgan fingerprint density at radius 2 is 1.66 bits per heavy atom. The van der Waals surface area contributed by atoms with Crippen LogP contribution in [0.3, 0.4) is 0 Å². The topological polar surface area (TPSA) is 49.4 Å². The molecule has 146 valence electrons. The zero-order valence-electron chi connectivity index (χ0n) is 15.8. The number of hydrogen-bond donors (Lipinski definition) is 1. The summed E-state index contributed by atoms with van der Waals surface area (Å²) in [4.78, 5) is 26.5. The standard InChI is InChI=1S/C23H19FN2O2S/c1-15-2-4-16(5-3-15)22(28)25-19-10-6-17(7-11-19)23-26(21(27)14-29-23)20-12-8-18(24)9-13-20/h2-13,23H,14H2,1H3,(H,25,28)/t23-/m0/s1. The molecule has 3 aromatic carbocycles. The molecule has 1 heterocycles. The van der Waals surface area contributed by atoms with Crippen molar-refractivity contribution >= 4 is 35.0 Å². The van der Waals surface area contributed by atoms with Gasteiger partial charge in [0.15, 0.2) is 0 Å². The van der Waals surface area contributed by atoms with Crippen molar-refractivity contribution in [1.29, 1.82) is 0 Å². The van der Waals surface area contributed by atoms with Gasteiger partial charge in [-0.3, -0.25) is 14.5 Å². The second-order valence-corrected chi connectivity index (χ2v) is 7.91. The maximum Gasteiger partial charge on any atom is 0.255 e. The molecule has 1 aliphatic heterocycles. The van der Waals surface area contributed by atoms with E-state index < -0.39 is 0 Å². The Morgan fingerprint density at radius 1 is 1.00 bits per heavy atom. The number of carbonyl (C=O) groups excluding carboxylic acids is 2. The van der Waals surface area contributed by atoms with Crippen LogP contribution in [0, 0.1) is 12.7 Å². The molecule has 1 fully saturated rings. The third-order valence-corrected chi connectivity index (χ3v) is 5.95. The number of thioether (sulfide) groups is 1. The molecule has 0 saturated carbocycles. The number of benzene rings is 3. The average Bonchev–Trinajstić information content (AvgIpc) is 3.11. The molecule has 1 saturated heterocycles. The van der Waals surface area contributed by atoms with Gasteiger partial charge in [-0.05, 0) is 61.0 Å². The first-order chi connectivity index (χ1) is 14.0. The van der Waals surface area contributed by atoms with Gasteiger partial charge in [0, 0.05) is 16.9 Å². The molecular weight excluding hydrogens is 387 g/mol. The number of halogens is 1. The van der Waals surface area contributed by atoms with Gasteiger partial charge in [-0.1, -0.05) is 29.8 Å². The summed E-state index contributed by atoms with van der Waals surface area (Å²) < 4.78 is 13.2. The molecule has 4 rings (SSSR count). The van der Waals surface area contributed by atoms with E-state index in [0.29, 0.717) is 22.7 Å². The maximum absolute atomic E-state index is 13.2. The highest BCUT2D eigenvalue weighted by Gasteiger charge is 2.34. The summed E-state index contributed by atoms with van der Waals surface area (Å²) in [6, 6.07) is 20.8. The van der Waals surface area contributed by atoms with Gasteiger partial charge in [0.25, 0.3) is 5.91 Å². The van der Waals surface area contributed by atoms with Crippen molar-refractivity contribution in [2.75, 3.05) is 16.0 Å². The van der Waals surface area contributed by atoms with Crippen molar-refractivity contribution in [2.24, 2.45) is 0 Å². The number of amides is 2. The summed E-state index contributed by atoms with van der Waals surface area (Å²) in [6.45, 7) is 1.97. The maximum atomic E-state index is 13.2. The molecule has 1 N–H and O–H groups in total. The van der Waals surface area contributed by atoms with Crippen LogP contribution in [-0.4, -0.2) is 17.6 Å².